The second-order valence-corrected chi connectivity index (χ2v) is 6.06. The van der Waals surface area contributed by atoms with Crippen molar-refractivity contribution in [2.24, 2.45) is 5.92 Å². The van der Waals surface area contributed by atoms with Gasteiger partial charge in [-0.05, 0) is 49.4 Å². The number of hydrogen-bond acceptors (Lipinski definition) is 2. The summed E-state index contributed by atoms with van der Waals surface area (Å²) >= 11 is 9.71. The quantitative estimate of drug-likeness (QED) is 0.879. The second kappa shape index (κ2) is 4.88. The lowest BCUT2D eigenvalue weighted by molar-refractivity contribution is 0.0654. The van der Waals surface area contributed by atoms with Crippen LogP contribution in [0.1, 0.15) is 30.9 Å². The first-order valence-corrected chi connectivity index (χ1v) is 6.93. The average molecular weight is 320 g/mol. The van der Waals surface area contributed by atoms with Gasteiger partial charge < -0.3 is 10.2 Å². The fourth-order valence-electron chi connectivity index (χ4n) is 2.82. The van der Waals surface area contributed by atoms with Gasteiger partial charge in [-0.25, -0.2) is 0 Å². The molecule has 2 N–H and O–H groups in total. The molecule has 4 heteroatoms. The maximum Gasteiger partial charge on any atom is 0.0584 e. The molecular formula is C13H16BrClO2. The van der Waals surface area contributed by atoms with E-state index in [4.69, 9.17) is 11.6 Å². The Morgan fingerprint density at radius 2 is 1.94 bits per heavy atom. The summed E-state index contributed by atoms with van der Waals surface area (Å²) in [4.78, 5) is 0. The minimum absolute atomic E-state index is 0.0289. The van der Waals surface area contributed by atoms with E-state index in [1.54, 1.807) is 13.8 Å². The molecule has 0 amide bonds. The maximum absolute atomic E-state index is 9.96. The molecule has 1 aliphatic carbocycles. The summed E-state index contributed by atoms with van der Waals surface area (Å²) in [5.74, 6) is -0.0284. The number of hydrogen-bond donors (Lipinski definition) is 2. The maximum atomic E-state index is 9.96. The molecule has 2 nitrogen and oxygen atoms in total. The molecule has 0 spiro atoms. The number of benzene rings is 1. The summed E-state index contributed by atoms with van der Waals surface area (Å²) < 4.78 is 0.964. The Bertz CT molecular complexity index is 432. The topological polar surface area (TPSA) is 40.5 Å². The number of fused-ring (bicyclic) bond motifs is 1. The SMILES string of the molecule is CC(O)C1Cc2c(Cl)ccc(Br)c2C1C(C)O. The number of halogens is 2. The van der Waals surface area contributed by atoms with Gasteiger partial charge in [0.1, 0.15) is 0 Å². The van der Waals surface area contributed by atoms with Crippen LogP contribution in [0.3, 0.4) is 0 Å². The Morgan fingerprint density at radius 3 is 2.47 bits per heavy atom. The molecular weight excluding hydrogens is 303 g/mol. The van der Waals surface area contributed by atoms with E-state index in [-0.39, 0.29) is 11.8 Å². The lowest BCUT2D eigenvalue weighted by Crippen LogP contribution is -2.28. The minimum Gasteiger partial charge on any atom is -0.393 e. The lowest BCUT2D eigenvalue weighted by Gasteiger charge is -2.25. The van der Waals surface area contributed by atoms with E-state index in [0.29, 0.717) is 0 Å². The van der Waals surface area contributed by atoms with E-state index >= 15 is 0 Å². The first-order valence-electron chi connectivity index (χ1n) is 5.76. The van der Waals surface area contributed by atoms with Crippen LogP contribution in [-0.4, -0.2) is 22.4 Å². The Labute approximate surface area is 115 Å². The molecule has 1 aromatic carbocycles. The second-order valence-electron chi connectivity index (χ2n) is 4.80. The zero-order chi connectivity index (χ0) is 12.7. The Kier molecular flexibility index (Phi) is 3.83. The van der Waals surface area contributed by atoms with Crippen molar-refractivity contribution in [1.29, 1.82) is 0 Å². The first kappa shape index (κ1) is 13.3. The van der Waals surface area contributed by atoms with Crippen molar-refractivity contribution in [3.8, 4) is 0 Å². The van der Waals surface area contributed by atoms with Crippen molar-refractivity contribution in [1.82, 2.24) is 0 Å². The minimum atomic E-state index is -0.495. The normalized spacial score (nSPS) is 26.7. The largest absolute Gasteiger partial charge is 0.393 e. The molecule has 0 fully saturated rings. The Hall–Kier alpha value is -0.0900. The predicted octanol–water partition coefficient (Wildman–Crippen LogP) is 3.12. The molecule has 4 unspecified atom stereocenters. The molecule has 1 aromatic rings. The van der Waals surface area contributed by atoms with Gasteiger partial charge in [0.15, 0.2) is 0 Å². The summed E-state index contributed by atoms with van der Waals surface area (Å²) in [6.07, 6.45) is -0.225. The van der Waals surface area contributed by atoms with Crippen LogP contribution in [0.25, 0.3) is 0 Å². The smallest absolute Gasteiger partial charge is 0.0584 e. The van der Waals surface area contributed by atoms with E-state index in [2.05, 4.69) is 15.9 Å². The van der Waals surface area contributed by atoms with Crippen LogP contribution in [-0.2, 0) is 6.42 Å². The van der Waals surface area contributed by atoms with Crippen LogP contribution in [0.4, 0.5) is 0 Å². The van der Waals surface area contributed by atoms with Gasteiger partial charge in [-0.15, -0.1) is 0 Å². The van der Waals surface area contributed by atoms with Crippen LogP contribution < -0.4 is 0 Å². The molecule has 17 heavy (non-hydrogen) atoms. The fraction of sp³-hybridized carbons (Fsp3) is 0.538. The van der Waals surface area contributed by atoms with E-state index in [9.17, 15) is 10.2 Å². The highest BCUT2D eigenvalue weighted by molar-refractivity contribution is 9.10. The van der Waals surface area contributed by atoms with Crippen LogP contribution in [0.15, 0.2) is 16.6 Å². The molecule has 0 saturated heterocycles. The number of rotatable bonds is 2. The van der Waals surface area contributed by atoms with Crippen molar-refractivity contribution in [2.75, 3.05) is 0 Å². The summed E-state index contributed by atoms with van der Waals surface area (Å²) in [7, 11) is 0. The fourth-order valence-corrected chi connectivity index (χ4v) is 3.70. The number of aliphatic hydroxyl groups excluding tert-OH is 2. The van der Waals surface area contributed by atoms with Gasteiger partial charge in [0.2, 0.25) is 0 Å². The van der Waals surface area contributed by atoms with Crippen molar-refractivity contribution in [3.05, 3.63) is 32.8 Å². The monoisotopic (exact) mass is 318 g/mol. The summed E-state index contributed by atoms with van der Waals surface area (Å²) in [5.41, 5.74) is 2.11. The van der Waals surface area contributed by atoms with E-state index < -0.39 is 12.2 Å². The molecule has 2 rings (SSSR count). The summed E-state index contributed by atoms with van der Waals surface area (Å²) in [6, 6.07) is 3.76. The van der Waals surface area contributed by atoms with E-state index in [1.807, 2.05) is 12.1 Å². The van der Waals surface area contributed by atoms with Crippen molar-refractivity contribution in [3.63, 3.8) is 0 Å². The molecule has 0 radical (unpaired) electrons. The summed E-state index contributed by atoms with van der Waals surface area (Å²) in [6.45, 7) is 3.54. The zero-order valence-corrected chi connectivity index (χ0v) is 12.2. The van der Waals surface area contributed by atoms with Crippen LogP contribution in [0.2, 0.25) is 5.02 Å². The Balaban J connectivity index is 2.54. The molecule has 0 bridgehead atoms. The van der Waals surface area contributed by atoms with Crippen LogP contribution in [0.5, 0.6) is 0 Å². The van der Waals surface area contributed by atoms with E-state index in [1.165, 1.54) is 0 Å². The highest BCUT2D eigenvalue weighted by Gasteiger charge is 2.40. The third-order valence-electron chi connectivity index (χ3n) is 3.62. The van der Waals surface area contributed by atoms with Crippen LogP contribution in [0, 0.1) is 5.92 Å². The zero-order valence-electron chi connectivity index (χ0n) is 9.82. The first-order chi connectivity index (χ1) is 7.93. The molecule has 0 aromatic heterocycles. The molecule has 0 heterocycles. The van der Waals surface area contributed by atoms with Gasteiger partial charge in [-0.1, -0.05) is 27.5 Å². The predicted molar refractivity (Wildman–Crippen MR) is 72.4 cm³/mol. The standard InChI is InChI=1S/C13H16BrClO2/c1-6(16)8-5-9-11(15)4-3-10(14)13(9)12(8)7(2)17/h3-4,6-8,12,16-17H,5H2,1-2H3. The van der Waals surface area contributed by atoms with Gasteiger partial charge in [-0.3, -0.25) is 0 Å². The van der Waals surface area contributed by atoms with Gasteiger partial charge >= 0.3 is 0 Å². The van der Waals surface area contributed by atoms with Gasteiger partial charge in [-0.2, -0.15) is 0 Å². The third-order valence-corrected chi connectivity index (χ3v) is 4.67. The lowest BCUT2D eigenvalue weighted by atomic mass is 9.85. The van der Waals surface area contributed by atoms with Gasteiger partial charge in [0, 0.05) is 15.4 Å². The van der Waals surface area contributed by atoms with Crippen molar-refractivity contribution < 1.29 is 10.2 Å². The third kappa shape index (κ3) is 2.26. The summed E-state index contributed by atoms with van der Waals surface area (Å²) in [5, 5.41) is 20.5. The molecule has 94 valence electrons. The molecule has 0 aliphatic heterocycles. The Morgan fingerprint density at radius 1 is 1.29 bits per heavy atom. The molecule has 4 atom stereocenters. The average Bonchev–Trinajstić information content (AvgIpc) is 2.64. The highest BCUT2D eigenvalue weighted by Crippen LogP contribution is 2.47. The number of aliphatic hydroxyl groups is 2. The van der Waals surface area contributed by atoms with Gasteiger partial charge in [0.05, 0.1) is 12.2 Å². The van der Waals surface area contributed by atoms with Crippen LogP contribution >= 0.6 is 27.5 Å². The molecule has 1 aliphatic rings. The van der Waals surface area contributed by atoms with Crippen molar-refractivity contribution in [2.45, 2.75) is 38.4 Å². The highest BCUT2D eigenvalue weighted by atomic mass is 79.9. The van der Waals surface area contributed by atoms with E-state index in [0.717, 1.165) is 27.0 Å². The van der Waals surface area contributed by atoms with Gasteiger partial charge in [0.25, 0.3) is 0 Å². The van der Waals surface area contributed by atoms with Crippen molar-refractivity contribution >= 4 is 27.5 Å². The molecule has 0 saturated carbocycles.